The van der Waals surface area contributed by atoms with Crippen LogP contribution in [0.25, 0.3) is 0 Å². The molecule has 1 N–H and O–H groups in total. The summed E-state index contributed by atoms with van der Waals surface area (Å²) < 4.78 is 21.2. The van der Waals surface area contributed by atoms with E-state index < -0.39 is 0 Å². The van der Waals surface area contributed by atoms with Crippen molar-refractivity contribution in [2.45, 2.75) is 33.0 Å². The van der Waals surface area contributed by atoms with Gasteiger partial charge in [-0.2, -0.15) is 5.10 Å². The quantitative estimate of drug-likeness (QED) is 0.882. The fourth-order valence-corrected chi connectivity index (χ4v) is 1.85. The molecule has 2 rings (SSSR count). The minimum atomic E-state index is -0.344. The van der Waals surface area contributed by atoms with Crippen LogP contribution in [0.2, 0.25) is 0 Å². The average Bonchev–Trinajstić information content (AvgIpc) is 2.81. The van der Waals surface area contributed by atoms with E-state index in [1.165, 1.54) is 6.07 Å². The van der Waals surface area contributed by atoms with Gasteiger partial charge < -0.3 is 10.1 Å². The molecular formula is C15H20FN3O. The van der Waals surface area contributed by atoms with Crippen molar-refractivity contribution in [2.75, 3.05) is 0 Å². The Hall–Kier alpha value is -1.88. The van der Waals surface area contributed by atoms with Gasteiger partial charge in [-0.25, -0.2) is 4.39 Å². The highest BCUT2D eigenvalue weighted by atomic mass is 19.1. The summed E-state index contributed by atoms with van der Waals surface area (Å²) in [4.78, 5) is 0. The molecule has 0 saturated carbocycles. The van der Waals surface area contributed by atoms with E-state index in [1.54, 1.807) is 10.7 Å². The molecule has 1 aromatic heterocycles. The molecule has 0 amide bonds. The van der Waals surface area contributed by atoms with Gasteiger partial charge in [-0.3, -0.25) is 4.68 Å². The lowest BCUT2D eigenvalue weighted by Gasteiger charge is -2.13. The van der Waals surface area contributed by atoms with Crippen LogP contribution in [-0.4, -0.2) is 15.8 Å². The Morgan fingerprint density at radius 1 is 1.35 bits per heavy atom. The zero-order valence-electron chi connectivity index (χ0n) is 12.1. The Kier molecular flexibility index (Phi) is 4.74. The lowest BCUT2D eigenvalue weighted by atomic mass is 10.2. The summed E-state index contributed by atoms with van der Waals surface area (Å²) in [6.07, 6.45) is 1.83. The number of nitrogens with one attached hydrogen (secondary N) is 1. The lowest BCUT2D eigenvalue weighted by Crippen LogP contribution is -2.22. The van der Waals surface area contributed by atoms with Crippen molar-refractivity contribution in [1.29, 1.82) is 0 Å². The molecule has 0 saturated heterocycles. The molecule has 2 aromatic rings. The van der Waals surface area contributed by atoms with Crippen LogP contribution in [0.5, 0.6) is 5.75 Å². The van der Waals surface area contributed by atoms with E-state index >= 15 is 0 Å². The molecule has 1 aromatic carbocycles. The molecule has 0 atom stereocenters. The summed E-state index contributed by atoms with van der Waals surface area (Å²) >= 11 is 0. The molecule has 0 radical (unpaired) electrons. The number of nitrogens with zero attached hydrogens (tertiary/aromatic N) is 2. The third kappa shape index (κ3) is 3.81. The maximum absolute atomic E-state index is 13.9. The van der Waals surface area contributed by atoms with Gasteiger partial charge in [0, 0.05) is 31.4 Å². The van der Waals surface area contributed by atoms with Crippen molar-refractivity contribution in [3.05, 3.63) is 47.5 Å². The predicted octanol–water partition coefficient (Wildman–Crippen LogP) is 2.64. The first kappa shape index (κ1) is 14.5. The van der Waals surface area contributed by atoms with Crippen LogP contribution in [0.15, 0.2) is 30.5 Å². The second-order valence-electron chi connectivity index (χ2n) is 5.03. The molecule has 20 heavy (non-hydrogen) atoms. The molecule has 1 heterocycles. The van der Waals surface area contributed by atoms with E-state index in [2.05, 4.69) is 10.4 Å². The first-order valence-corrected chi connectivity index (χ1v) is 6.68. The maximum Gasteiger partial charge on any atom is 0.165 e. The maximum atomic E-state index is 13.9. The zero-order valence-corrected chi connectivity index (χ0v) is 12.1. The number of hydrogen-bond donors (Lipinski definition) is 1. The summed E-state index contributed by atoms with van der Waals surface area (Å²) in [5.41, 5.74) is 1.59. The third-order valence-electron chi connectivity index (χ3n) is 2.88. The van der Waals surface area contributed by atoms with E-state index in [1.807, 2.05) is 39.2 Å². The van der Waals surface area contributed by atoms with Gasteiger partial charge >= 0.3 is 0 Å². The number of rotatable bonds is 6. The standard InChI is InChI=1S/C15H20FN3O/c1-11(2)17-9-12-5-4-6-14(16)15(12)20-10-13-7-8-19(3)18-13/h4-8,11,17H,9-10H2,1-3H3. The van der Waals surface area contributed by atoms with Crippen molar-refractivity contribution in [3.63, 3.8) is 0 Å². The van der Waals surface area contributed by atoms with E-state index in [-0.39, 0.29) is 12.4 Å². The van der Waals surface area contributed by atoms with E-state index in [4.69, 9.17) is 4.74 Å². The molecule has 4 nitrogen and oxygen atoms in total. The Labute approximate surface area is 118 Å². The monoisotopic (exact) mass is 277 g/mol. The molecule has 0 aliphatic heterocycles. The summed E-state index contributed by atoms with van der Waals surface area (Å²) in [6.45, 7) is 4.94. The normalized spacial score (nSPS) is 11.1. The Morgan fingerprint density at radius 3 is 2.80 bits per heavy atom. The number of halogens is 1. The summed E-state index contributed by atoms with van der Waals surface area (Å²) in [7, 11) is 1.84. The third-order valence-corrected chi connectivity index (χ3v) is 2.88. The van der Waals surface area contributed by atoms with Crippen LogP contribution in [0.1, 0.15) is 25.1 Å². The van der Waals surface area contributed by atoms with Gasteiger partial charge in [-0.05, 0) is 12.1 Å². The molecule has 5 heteroatoms. The molecule has 0 unspecified atom stereocenters. The molecule has 0 bridgehead atoms. The van der Waals surface area contributed by atoms with Gasteiger partial charge in [-0.15, -0.1) is 0 Å². The highest BCUT2D eigenvalue weighted by Gasteiger charge is 2.11. The van der Waals surface area contributed by atoms with Crippen molar-refractivity contribution in [2.24, 2.45) is 7.05 Å². The Bertz CT molecular complexity index is 566. The SMILES string of the molecule is CC(C)NCc1cccc(F)c1OCc1ccn(C)n1. The highest BCUT2D eigenvalue weighted by molar-refractivity contribution is 5.35. The average molecular weight is 277 g/mol. The van der Waals surface area contributed by atoms with Crippen molar-refractivity contribution >= 4 is 0 Å². The Balaban J connectivity index is 2.08. The molecule has 0 aliphatic carbocycles. The molecule has 0 spiro atoms. The first-order chi connectivity index (χ1) is 9.56. The summed E-state index contributed by atoms with van der Waals surface area (Å²) in [6, 6.07) is 7.16. The summed E-state index contributed by atoms with van der Waals surface area (Å²) in [5, 5.41) is 7.48. The van der Waals surface area contributed by atoms with E-state index in [0.717, 1.165) is 11.3 Å². The predicted molar refractivity (Wildman–Crippen MR) is 75.9 cm³/mol. The molecule has 0 fully saturated rings. The molecule has 0 aliphatic rings. The van der Waals surface area contributed by atoms with E-state index in [9.17, 15) is 4.39 Å². The minimum absolute atomic E-state index is 0.260. The minimum Gasteiger partial charge on any atom is -0.484 e. The van der Waals surface area contributed by atoms with E-state index in [0.29, 0.717) is 18.3 Å². The van der Waals surface area contributed by atoms with Crippen LogP contribution in [0.4, 0.5) is 4.39 Å². The van der Waals surface area contributed by atoms with Crippen molar-refractivity contribution < 1.29 is 9.13 Å². The lowest BCUT2D eigenvalue weighted by molar-refractivity contribution is 0.280. The van der Waals surface area contributed by atoms with Crippen LogP contribution < -0.4 is 10.1 Å². The van der Waals surface area contributed by atoms with Gasteiger partial charge in [0.25, 0.3) is 0 Å². The highest BCUT2D eigenvalue weighted by Crippen LogP contribution is 2.23. The van der Waals surface area contributed by atoms with Gasteiger partial charge in [-0.1, -0.05) is 26.0 Å². The summed E-state index contributed by atoms with van der Waals surface area (Å²) in [5.74, 6) is -0.0460. The van der Waals surface area contributed by atoms with Crippen LogP contribution in [-0.2, 0) is 20.2 Å². The van der Waals surface area contributed by atoms with Gasteiger partial charge in [0.2, 0.25) is 0 Å². The van der Waals surface area contributed by atoms with Gasteiger partial charge in [0.05, 0.1) is 5.69 Å². The van der Waals surface area contributed by atoms with Crippen molar-refractivity contribution in [3.8, 4) is 5.75 Å². The Morgan fingerprint density at radius 2 is 2.15 bits per heavy atom. The van der Waals surface area contributed by atoms with Crippen LogP contribution in [0.3, 0.4) is 0 Å². The van der Waals surface area contributed by atoms with Crippen LogP contribution in [0, 0.1) is 5.82 Å². The molecule has 108 valence electrons. The topological polar surface area (TPSA) is 39.1 Å². The molecular weight excluding hydrogens is 257 g/mol. The number of aryl methyl sites for hydroxylation is 1. The van der Waals surface area contributed by atoms with Gasteiger partial charge in [0.1, 0.15) is 6.61 Å². The number of hydrogen-bond acceptors (Lipinski definition) is 3. The second-order valence-corrected chi connectivity index (χ2v) is 5.03. The number of aromatic nitrogens is 2. The van der Waals surface area contributed by atoms with Crippen LogP contribution >= 0.6 is 0 Å². The fourth-order valence-electron chi connectivity index (χ4n) is 1.85. The number of benzene rings is 1. The smallest absolute Gasteiger partial charge is 0.165 e. The van der Waals surface area contributed by atoms with Crippen molar-refractivity contribution in [1.82, 2.24) is 15.1 Å². The second kappa shape index (κ2) is 6.52. The first-order valence-electron chi connectivity index (χ1n) is 6.68. The largest absolute Gasteiger partial charge is 0.484 e. The van der Waals surface area contributed by atoms with Gasteiger partial charge in [0.15, 0.2) is 11.6 Å². The zero-order chi connectivity index (χ0) is 14.5. The number of para-hydroxylation sites is 1. The number of ether oxygens (including phenoxy) is 1. The fraction of sp³-hybridized carbons (Fsp3) is 0.400.